The standard InChI is InChI=1S/C23H23ClN4O2/c1-14-5-10-21(15(2)11-14)28-16(3)12-18(17(28)4)13-25-27-23(30)22(29)26-20-8-6-19(24)7-9-20/h5-13H,1-4H3,(H,26,29)(H,27,30)/b25-13-. The van der Waals surface area contributed by atoms with Crippen LogP contribution in [0.3, 0.4) is 0 Å². The molecule has 2 aromatic carbocycles. The number of amides is 2. The molecule has 0 unspecified atom stereocenters. The van der Waals surface area contributed by atoms with E-state index in [1.165, 1.54) is 17.3 Å². The van der Waals surface area contributed by atoms with Gasteiger partial charge in [0.15, 0.2) is 0 Å². The molecule has 0 radical (unpaired) electrons. The molecule has 0 aliphatic carbocycles. The Morgan fingerprint density at radius 2 is 1.67 bits per heavy atom. The van der Waals surface area contributed by atoms with Crippen molar-refractivity contribution in [2.45, 2.75) is 27.7 Å². The lowest BCUT2D eigenvalue weighted by molar-refractivity contribution is -0.136. The molecule has 6 nitrogen and oxygen atoms in total. The predicted octanol–water partition coefficient (Wildman–Crippen LogP) is 4.45. The molecule has 154 valence electrons. The third-order valence-corrected chi connectivity index (χ3v) is 4.99. The molecule has 0 aliphatic rings. The van der Waals surface area contributed by atoms with Crippen LogP contribution in [0.1, 0.15) is 28.1 Å². The molecule has 0 spiro atoms. The Morgan fingerprint density at radius 1 is 0.967 bits per heavy atom. The maximum atomic E-state index is 12.0. The van der Waals surface area contributed by atoms with Crippen molar-refractivity contribution in [1.29, 1.82) is 0 Å². The third kappa shape index (κ3) is 4.78. The minimum absolute atomic E-state index is 0.473. The molecular formula is C23H23ClN4O2. The highest BCUT2D eigenvalue weighted by Gasteiger charge is 2.14. The highest BCUT2D eigenvalue weighted by Crippen LogP contribution is 2.23. The number of aromatic nitrogens is 1. The van der Waals surface area contributed by atoms with E-state index in [1.54, 1.807) is 24.3 Å². The van der Waals surface area contributed by atoms with Gasteiger partial charge in [-0.3, -0.25) is 9.59 Å². The number of carbonyl (C=O) groups excluding carboxylic acids is 2. The average Bonchev–Trinajstić information content (AvgIpc) is 2.97. The fourth-order valence-corrected chi connectivity index (χ4v) is 3.40. The first-order valence-electron chi connectivity index (χ1n) is 9.43. The number of aryl methyl sites for hydroxylation is 3. The van der Waals surface area contributed by atoms with Crippen LogP contribution < -0.4 is 10.7 Å². The Bertz CT molecular complexity index is 1130. The number of anilines is 1. The van der Waals surface area contributed by atoms with Crippen molar-refractivity contribution in [3.63, 3.8) is 0 Å². The zero-order valence-corrected chi connectivity index (χ0v) is 18.0. The van der Waals surface area contributed by atoms with E-state index in [4.69, 9.17) is 11.6 Å². The molecule has 0 bridgehead atoms. The van der Waals surface area contributed by atoms with Gasteiger partial charge in [-0.25, -0.2) is 5.43 Å². The SMILES string of the molecule is Cc1ccc(-n2c(C)cc(/C=N\NC(=O)C(=O)Nc3ccc(Cl)cc3)c2C)c(C)c1. The predicted molar refractivity (Wildman–Crippen MR) is 121 cm³/mol. The van der Waals surface area contributed by atoms with E-state index in [-0.39, 0.29) is 0 Å². The van der Waals surface area contributed by atoms with Crippen LogP contribution >= 0.6 is 11.6 Å². The van der Waals surface area contributed by atoms with Crippen molar-refractivity contribution in [1.82, 2.24) is 9.99 Å². The van der Waals surface area contributed by atoms with Crippen molar-refractivity contribution < 1.29 is 9.59 Å². The van der Waals surface area contributed by atoms with Gasteiger partial charge >= 0.3 is 11.8 Å². The number of nitrogens with zero attached hydrogens (tertiary/aromatic N) is 2. The van der Waals surface area contributed by atoms with Crippen molar-refractivity contribution in [2.75, 3.05) is 5.32 Å². The minimum atomic E-state index is -0.857. The lowest BCUT2D eigenvalue weighted by Crippen LogP contribution is -2.32. The monoisotopic (exact) mass is 422 g/mol. The third-order valence-electron chi connectivity index (χ3n) is 4.74. The lowest BCUT2D eigenvalue weighted by atomic mass is 10.1. The summed E-state index contributed by atoms with van der Waals surface area (Å²) in [5.74, 6) is -1.67. The number of hydrogen-bond donors (Lipinski definition) is 2. The summed E-state index contributed by atoms with van der Waals surface area (Å²) in [5.41, 5.74) is 9.10. The molecule has 3 rings (SSSR count). The molecule has 7 heteroatoms. The molecule has 1 aromatic heterocycles. The fraction of sp³-hybridized carbons (Fsp3) is 0.174. The number of rotatable bonds is 4. The molecular weight excluding hydrogens is 400 g/mol. The van der Waals surface area contributed by atoms with E-state index in [1.807, 2.05) is 19.9 Å². The summed E-state index contributed by atoms with van der Waals surface area (Å²) in [4.78, 5) is 24.0. The van der Waals surface area contributed by atoms with E-state index >= 15 is 0 Å². The van der Waals surface area contributed by atoms with E-state index in [0.717, 1.165) is 22.6 Å². The molecule has 2 amide bonds. The summed E-state index contributed by atoms with van der Waals surface area (Å²) >= 11 is 5.80. The number of benzene rings is 2. The van der Waals surface area contributed by atoms with Gasteiger partial charge in [0.1, 0.15) is 0 Å². The smallest absolute Gasteiger partial charge is 0.318 e. The zero-order chi connectivity index (χ0) is 21.8. The second-order valence-corrected chi connectivity index (χ2v) is 7.55. The summed E-state index contributed by atoms with van der Waals surface area (Å²) in [6.45, 7) is 8.15. The molecule has 0 atom stereocenters. The van der Waals surface area contributed by atoms with Crippen LogP contribution in [-0.2, 0) is 9.59 Å². The molecule has 0 saturated carbocycles. The molecule has 0 saturated heterocycles. The van der Waals surface area contributed by atoms with Crippen molar-refractivity contribution in [2.24, 2.45) is 5.10 Å². The number of hydrogen-bond acceptors (Lipinski definition) is 3. The van der Waals surface area contributed by atoms with Crippen LogP contribution in [0.25, 0.3) is 5.69 Å². The highest BCUT2D eigenvalue weighted by atomic mass is 35.5. The fourth-order valence-electron chi connectivity index (χ4n) is 3.28. The second kappa shape index (κ2) is 8.97. The van der Waals surface area contributed by atoms with Gasteiger partial charge in [-0.1, -0.05) is 29.3 Å². The first-order chi connectivity index (χ1) is 14.3. The molecule has 0 fully saturated rings. The van der Waals surface area contributed by atoms with E-state index in [9.17, 15) is 9.59 Å². The molecule has 1 heterocycles. The molecule has 3 aromatic rings. The molecule has 0 aliphatic heterocycles. The van der Waals surface area contributed by atoms with E-state index in [0.29, 0.717) is 10.7 Å². The van der Waals surface area contributed by atoms with Crippen molar-refractivity contribution in [3.8, 4) is 5.69 Å². The van der Waals surface area contributed by atoms with Gasteiger partial charge in [0.25, 0.3) is 0 Å². The average molecular weight is 423 g/mol. The van der Waals surface area contributed by atoms with Gasteiger partial charge in [0.05, 0.1) is 6.21 Å². The van der Waals surface area contributed by atoms with E-state index < -0.39 is 11.8 Å². The maximum Gasteiger partial charge on any atom is 0.329 e. The van der Waals surface area contributed by atoms with Gasteiger partial charge in [-0.15, -0.1) is 0 Å². The minimum Gasteiger partial charge on any atom is -0.318 e. The normalized spacial score (nSPS) is 11.0. The van der Waals surface area contributed by atoms with Crippen LogP contribution in [0.2, 0.25) is 5.02 Å². The Hall–Kier alpha value is -3.38. The van der Waals surface area contributed by atoms with Crippen LogP contribution in [0.4, 0.5) is 5.69 Å². The first kappa shape index (κ1) is 21.3. The van der Waals surface area contributed by atoms with Crippen molar-refractivity contribution in [3.05, 3.63) is 81.6 Å². The summed E-state index contributed by atoms with van der Waals surface area (Å²) in [6.07, 6.45) is 1.54. The van der Waals surface area contributed by atoms with Crippen LogP contribution in [0.15, 0.2) is 53.6 Å². The van der Waals surface area contributed by atoms with Gasteiger partial charge in [-0.2, -0.15) is 5.10 Å². The number of halogens is 1. The Labute approximate surface area is 180 Å². The van der Waals surface area contributed by atoms with Crippen LogP contribution in [0, 0.1) is 27.7 Å². The quantitative estimate of drug-likeness (QED) is 0.370. The molecule has 2 N–H and O–H groups in total. The number of hydrazone groups is 1. The Balaban J connectivity index is 1.70. The van der Waals surface area contributed by atoms with Gasteiger partial charge in [-0.05, 0) is 69.7 Å². The number of carbonyl (C=O) groups is 2. The summed E-state index contributed by atoms with van der Waals surface area (Å²) in [7, 11) is 0. The Morgan fingerprint density at radius 3 is 2.33 bits per heavy atom. The first-order valence-corrected chi connectivity index (χ1v) is 9.80. The van der Waals surface area contributed by atoms with E-state index in [2.05, 4.69) is 52.5 Å². The second-order valence-electron chi connectivity index (χ2n) is 7.11. The van der Waals surface area contributed by atoms with Gasteiger partial charge < -0.3 is 9.88 Å². The topological polar surface area (TPSA) is 75.5 Å². The van der Waals surface area contributed by atoms with Crippen molar-refractivity contribution >= 4 is 35.3 Å². The lowest BCUT2D eigenvalue weighted by Gasteiger charge is -2.13. The maximum absolute atomic E-state index is 12.0. The summed E-state index contributed by atoms with van der Waals surface area (Å²) in [5, 5.41) is 6.97. The van der Waals surface area contributed by atoms with Gasteiger partial charge in [0.2, 0.25) is 0 Å². The summed E-state index contributed by atoms with van der Waals surface area (Å²) < 4.78 is 2.14. The zero-order valence-electron chi connectivity index (χ0n) is 17.3. The van der Waals surface area contributed by atoms with Gasteiger partial charge in [0, 0.05) is 33.3 Å². The summed E-state index contributed by atoms with van der Waals surface area (Å²) in [6, 6.07) is 14.8. The number of nitrogens with one attached hydrogen (secondary N) is 2. The largest absolute Gasteiger partial charge is 0.329 e. The highest BCUT2D eigenvalue weighted by molar-refractivity contribution is 6.39. The molecule has 30 heavy (non-hydrogen) atoms. The van der Waals surface area contributed by atoms with Crippen LogP contribution in [-0.4, -0.2) is 22.6 Å². The Kier molecular flexibility index (Phi) is 6.37. The van der Waals surface area contributed by atoms with Crippen LogP contribution in [0.5, 0.6) is 0 Å².